The standard InChI is InChI=1S/C18H13FN2O3S/c19-14-9-15(11-16(10-14)24-18-7-3-4-8-20-18)21-12-13-5-1-2-6-17(13)25(21,22)23/h1-11H,12H2. The van der Waals surface area contributed by atoms with Crippen molar-refractivity contribution < 1.29 is 17.5 Å². The lowest BCUT2D eigenvalue weighted by Gasteiger charge is -2.18. The van der Waals surface area contributed by atoms with Crippen LogP contribution < -0.4 is 9.04 Å². The number of sulfonamides is 1. The molecule has 7 heteroatoms. The molecule has 0 unspecified atom stereocenters. The van der Waals surface area contributed by atoms with Crippen molar-refractivity contribution in [2.45, 2.75) is 11.4 Å². The van der Waals surface area contributed by atoms with Crippen molar-refractivity contribution in [3.63, 3.8) is 0 Å². The average Bonchev–Trinajstić information content (AvgIpc) is 2.87. The Morgan fingerprint density at radius 1 is 1.04 bits per heavy atom. The van der Waals surface area contributed by atoms with Crippen LogP contribution in [-0.2, 0) is 16.6 Å². The van der Waals surface area contributed by atoms with Crippen molar-refractivity contribution in [1.29, 1.82) is 0 Å². The highest BCUT2D eigenvalue weighted by Gasteiger charge is 2.34. The summed E-state index contributed by atoms with van der Waals surface area (Å²) in [7, 11) is -3.71. The minimum atomic E-state index is -3.71. The van der Waals surface area contributed by atoms with Gasteiger partial charge in [0.1, 0.15) is 11.6 Å². The van der Waals surface area contributed by atoms with Crippen LogP contribution in [0.25, 0.3) is 0 Å². The van der Waals surface area contributed by atoms with Gasteiger partial charge in [-0.25, -0.2) is 17.8 Å². The molecule has 0 amide bonds. The summed E-state index contributed by atoms with van der Waals surface area (Å²) in [5.41, 5.74) is 0.890. The zero-order valence-corrected chi connectivity index (χ0v) is 13.8. The van der Waals surface area contributed by atoms with Gasteiger partial charge in [-0.1, -0.05) is 24.3 Å². The van der Waals surface area contributed by atoms with Crippen LogP contribution in [0.3, 0.4) is 0 Å². The van der Waals surface area contributed by atoms with Crippen molar-refractivity contribution in [2.24, 2.45) is 0 Å². The number of halogens is 1. The summed E-state index contributed by atoms with van der Waals surface area (Å²) in [6, 6.07) is 15.7. The molecule has 0 atom stereocenters. The van der Waals surface area contributed by atoms with Gasteiger partial charge in [-0.2, -0.15) is 0 Å². The number of ether oxygens (including phenoxy) is 1. The summed E-state index contributed by atoms with van der Waals surface area (Å²) >= 11 is 0. The number of benzene rings is 2. The fourth-order valence-corrected chi connectivity index (χ4v) is 4.40. The Morgan fingerprint density at radius 2 is 1.84 bits per heavy atom. The molecule has 5 nitrogen and oxygen atoms in total. The highest BCUT2D eigenvalue weighted by Crippen LogP contribution is 2.36. The van der Waals surface area contributed by atoms with E-state index >= 15 is 0 Å². The minimum Gasteiger partial charge on any atom is -0.439 e. The van der Waals surface area contributed by atoms with Crippen LogP contribution in [0.2, 0.25) is 0 Å². The Balaban J connectivity index is 1.72. The molecular weight excluding hydrogens is 343 g/mol. The number of nitrogens with zero attached hydrogens (tertiary/aromatic N) is 2. The Kier molecular flexibility index (Phi) is 3.65. The summed E-state index contributed by atoms with van der Waals surface area (Å²) in [5, 5.41) is 0. The molecule has 3 aromatic rings. The molecule has 0 aliphatic carbocycles. The molecule has 0 saturated carbocycles. The second-order valence-corrected chi connectivity index (χ2v) is 7.37. The quantitative estimate of drug-likeness (QED) is 0.718. The highest BCUT2D eigenvalue weighted by molar-refractivity contribution is 7.93. The first kappa shape index (κ1) is 15.6. The molecule has 0 spiro atoms. The maximum Gasteiger partial charge on any atom is 0.264 e. The fourth-order valence-electron chi connectivity index (χ4n) is 2.75. The van der Waals surface area contributed by atoms with Crippen molar-refractivity contribution in [3.8, 4) is 11.6 Å². The van der Waals surface area contributed by atoms with Gasteiger partial charge in [0.2, 0.25) is 5.88 Å². The second kappa shape index (κ2) is 5.86. The third-order valence-electron chi connectivity index (χ3n) is 3.86. The maximum absolute atomic E-state index is 14.0. The SMILES string of the molecule is O=S1(=O)c2ccccc2CN1c1cc(F)cc(Oc2ccccn2)c1. The summed E-state index contributed by atoms with van der Waals surface area (Å²) in [6.07, 6.45) is 1.55. The molecule has 1 aliphatic heterocycles. The highest BCUT2D eigenvalue weighted by atomic mass is 32.2. The van der Waals surface area contributed by atoms with E-state index in [2.05, 4.69) is 4.98 Å². The Hall–Kier alpha value is -2.93. The van der Waals surface area contributed by atoms with Crippen LogP contribution in [0.5, 0.6) is 11.6 Å². The van der Waals surface area contributed by atoms with Gasteiger partial charge < -0.3 is 4.74 Å². The normalized spacial score (nSPS) is 15.0. The number of pyridine rings is 1. The van der Waals surface area contributed by atoms with Crippen molar-refractivity contribution in [1.82, 2.24) is 4.98 Å². The van der Waals surface area contributed by atoms with Gasteiger partial charge in [-0.05, 0) is 23.8 Å². The Bertz CT molecular complexity index is 1040. The van der Waals surface area contributed by atoms with Crippen molar-refractivity contribution in [2.75, 3.05) is 4.31 Å². The van der Waals surface area contributed by atoms with E-state index in [-0.39, 0.29) is 22.9 Å². The number of hydrogen-bond donors (Lipinski definition) is 0. The summed E-state index contributed by atoms with van der Waals surface area (Å²) in [4.78, 5) is 4.26. The number of rotatable bonds is 3. The lowest BCUT2D eigenvalue weighted by atomic mass is 10.2. The Morgan fingerprint density at radius 3 is 2.60 bits per heavy atom. The van der Waals surface area contributed by atoms with E-state index in [1.54, 1.807) is 48.7 Å². The topological polar surface area (TPSA) is 59.5 Å². The molecule has 0 saturated heterocycles. The first-order valence-corrected chi connectivity index (χ1v) is 8.98. The van der Waals surface area contributed by atoms with Crippen LogP contribution in [0, 0.1) is 5.82 Å². The molecule has 0 bridgehead atoms. The van der Waals surface area contributed by atoms with Gasteiger partial charge in [0.05, 0.1) is 17.1 Å². The van der Waals surface area contributed by atoms with Crippen LogP contribution in [0.1, 0.15) is 5.56 Å². The molecule has 1 aromatic heterocycles. The Labute approximate surface area is 144 Å². The molecule has 1 aliphatic rings. The number of hydrogen-bond acceptors (Lipinski definition) is 4. The maximum atomic E-state index is 14.0. The third-order valence-corrected chi connectivity index (χ3v) is 5.73. The lowest BCUT2D eigenvalue weighted by molar-refractivity contribution is 0.458. The van der Waals surface area contributed by atoms with Gasteiger partial charge in [0.15, 0.2) is 0 Å². The van der Waals surface area contributed by atoms with Gasteiger partial charge in [-0.3, -0.25) is 4.31 Å². The second-order valence-electron chi connectivity index (χ2n) is 5.53. The molecule has 0 fully saturated rings. The molecule has 0 radical (unpaired) electrons. The monoisotopic (exact) mass is 356 g/mol. The molecule has 0 N–H and O–H groups in total. The van der Waals surface area contributed by atoms with E-state index in [0.29, 0.717) is 11.4 Å². The average molecular weight is 356 g/mol. The summed E-state index contributed by atoms with van der Waals surface area (Å²) in [6.45, 7) is 0.158. The molecule has 4 rings (SSSR count). The number of anilines is 1. The number of fused-ring (bicyclic) bond motifs is 1. The van der Waals surface area contributed by atoms with Gasteiger partial charge in [0.25, 0.3) is 10.0 Å². The van der Waals surface area contributed by atoms with Gasteiger partial charge in [-0.15, -0.1) is 0 Å². The van der Waals surface area contributed by atoms with Crippen molar-refractivity contribution >= 4 is 15.7 Å². The first-order chi connectivity index (χ1) is 12.0. The zero-order valence-electron chi connectivity index (χ0n) is 13.0. The smallest absolute Gasteiger partial charge is 0.264 e. The number of aromatic nitrogens is 1. The van der Waals surface area contributed by atoms with Crippen molar-refractivity contribution in [3.05, 3.63) is 78.2 Å². The van der Waals surface area contributed by atoms with Gasteiger partial charge in [0, 0.05) is 24.4 Å². The fraction of sp³-hybridized carbons (Fsp3) is 0.0556. The summed E-state index contributed by atoms with van der Waals surface area (Å²) in [5.74, 6) is -0.110. The third kappa shape index (κ3) is 2.83. The first-order valence-electron chi connectivity index (χ1n) is 7.54. The van der Waals surface area contributed by atoms with E-state index in [1.165, 1.54) is 22.5 Å². The molecule has 25 heavy (non-hydrogen) atoms. The van der Waals surface area contributed by atoms with E-state index in [4.69, 9.17) is 4.74 Å². The van der Waals surface area contributed by atoms with Crippen LogP contribution in [-0.4, -0.2) is 13.4 Å². The molecular formula is C18H13FN2O3S. The summed E-state index contributed by atoms with van der Waals surface area (Å²) < 4.78 is 46.2. The van der Waals surface area contributed by atoms with E-state index in [0.717, 1.165) is 0 Å². The van der Waals surface area contributed by atoms with E-state index in [9.17, 15) is 12.8 Å². The largest absolute Gasteiger partial charge is 0.439 e. The van der Waals surface area contributed by atoms with Crippen LogP contribution >= 0.6 is 0 Å². The van der Waals surface area contributed by atoms with Gasteiger partial charge >= 0.3 is 0 Å². The molecule has 2 aromatic carbocycles. The van der Waals surface area contributed by atoms with Crippen LogP contribution in [0.4, 0.5) is 10.1 Å². The zero-order chi connectivity index (χ0) is 17.4. The predicted molar refractivity (Wildman–Crippen MR) is 90.5 cm³/mol. The van der Waals surface area contributed by atoms with E-state index < -0.39 is 15.8 Å². The minimum absolute atomic E-state index is 0.158. The van der Waals surface area contributed by atoms with E-state index in [1.807, 2.05) is 0 Å². The van der Waals surface area contributed by atoms with Crippen LogP contribution in [0.15, 0.2) is 71.8 Å². The lowest BCUT2D eigenvalue weighted by Crippen LogP contribution is -2.23. The molecule has 2 heterocycles. The predicted octanol–water partition coefficient (Wildman–Crippen LogP) is 3.72. The molecule has 126 valence electrons.